The predicted molar refractivity (Wildman–Crippen MR) is 109 cm³/mol. The molecule has 0 aliphatic rings. The summed E-state index contributed by atoms with van der Waals surface area (Å²) >= 11 is 5.86. The molecule has 0 saturated heterocycles. The first-order chi connectivity index (χ1) is 14.4. The van der Waals surface area contributed by atoms with Crippen molar-refractivity contribution in [2.24, 2.45) is 0 Å². The molecule has 0 fully saturated rings. The maximum absolute atomic E-state index is 15.0. The van der Waals surface area contributed by atoms with E-state index in [1.165, 1.54) is 42.7 Å². The van der Waals surface area contributed by atoms with Crippen molar-refractivity contribution in [1.29, 1.82) is 0 Å². The van der Waals surface area contributed by atoms with E-state index in [-0.39, 0.29) is 16.8 Å². The highest BCUT2D eigenvalue weighted by molar-refractivity contribution is 6.31. The van der Waals surface area contributed by atoms with E-state index in [0.717, 1.165) is 12.1 Å². The summed E-state index contributed by atoms with van der Waals surface area (Å²) in [6, 6.07) is 12.4. The molecule has 1 N–H and O–H groups in total. The van der Waals surface area contributed by atoms with Gasteiger partial charge in [0.2, 0.25) is 0 Å². The van der Waals surface area contributed by atoms with E-state index in [9.17, 15) is 14.0 Å². The van der Waals surface area contributed by atoms with Gasteiger partial charge in [-0.2, -0.15) is 0 Å². The first-order valence-electron chi connectivity index (χ1n) is 8.74. The van der Waals surface area contributed by atoms with Gasteiger partial charge in [0, 0.05) is 28.5 Å². The average molecular weight is 424 g/mol. The Hall–Kier alpha value is -3.71. The molecule has 0 unspecified atom stereocenters. The van der Waals surface area contributed by atoms with E-state index in [1.54, 1.807) is 12.1 Å². The maximum atomic E-state index is 15.0. The van der Waals surface area contributed by atoms with E-state index >= 15 is 4.39 Å². The molecule has 0 aliphatic carbocycles. The molecule has 30 heavy (non-hydrogen) atoms. The van der Waals surface area contributed by atoms with Crippen LogP contribution in [0.3, 0.4) is 0 Å². The van der Waals surface area contributed by atoms with Crippen molar-refractivity contribution < 1.29 is 18.4 Å². The van der Waals surface area contributed by atoms with Crippen LogP contribution in [-0.4, -0.2) is 21.7 Å². The number of ketones is 1. The number of carbonyl (C=O) groups excluding carboxylic acids is 2. The number of rotatable bonds is 4. The molecule has 0 bridgehead atoms. The van der Waals surface area contributed by atoms with Gasteiger partial charge in [-0.15, -0.1) is 0 Å². The minimum atomic E-state index is -1.17. The van der Waals surface area contributed by atoms with Crippen LogP contribution in [0.4, 0.5) is 14.5 Å². The number of hydrogen-bond acceptors (Lipinski definition) is 4. The Bertz CT molecular complexity index is 1310. The molecule has 4 aromatic rings. The van der Waals surface area contributed by atoms with E-state index in [4.69, 9.17) is 11.6 Å². The van der Waals surface area contributed by atoms with Gasteiger partial charge in [-0.3, -0.25) is 19.6 Å². The SMILES string of the molecule is O=C(Nc1ccc(F)c(C(=O)c2ccc3nccnc3c2)c1F)c1cccc(Cl)c1. The first-order valence-corrected chi connectivity index (χ1v) is 9.12. The molecule has 0 spiro atoms. The zero-order chi connectivity index (χ0) is 21.3. The first kappa shape index (κ1) is 19.6. The van der Waals surface area contributed by atoms with Crippen LogP contribution in [0.25, 0.3) is 11.0 Å². The van der Waals surface area contributed by atoms with E-state index in [2.05, 4.69) is 15.3 Å². The van der Waals surface area contributed by atoms with Gasteiger partial charge < -0.3 is 5.32 Å². The van der Waals surface area contributed by atoms with E-state index < -0.39 is 28.9 Å². The van der Waals surface area contributed by atoms with Crippen LogP contribution in [0, 0.1) is 11.6 Å². The number of nitrogens with one attached hydrogen (secondary N) is 1. The normalized spacial score (nSPS) is 10.8. The number of hydrogen-bond donors (Lipinski definition) is 1. The van der Waals surface area contributed by atoms with Gasteiger partial charge in [-0.25, -0.2) is 8.78 Å². The fourth-order valence-corrected chi connectivity index (χ4v) is 3.12. The van der Waals surface area contributed by atoms with Crippen molar-refractivity contribution >= 4 is 40.0 Å². The molecule has 0 aliphatic heterocycles. The van der Waals surface area contributed by atoms with Crippen LogP contribution >= 0.6 is 11.6 Å². The van der Waals surface area contributed by atoms with Crippen LogP contribution in [0.1, 0.15) is 26.3 Å². The molecular formula is C22H12ClF2N3O2. The molecule has 3 aromatic carbocycles. The van der Waals surface area contributed by atoms with Gasteiger partial charge in [-0.1, -0.05) is 17.7 Å². The molecule has 1 heterocycles. The lowest BCUT2D eigenvalue weighted by molar-refractivity contribution is 0.101. The molecule has 4 rings (SSSR count). The molecular weight excluding hydrogens is 412 g/mol. The van der Waals surface area contributed by atoms with Crippen LogP contribution in [0.15, 0.2) is 67.0 Å². The Labute approximate surface area is 174 Å². The third kappa shape index (κ3) is 3.75. The number of amides is 1. The quantitative estimate of drug-likeness (QED) is 0.466. The molecule has 1 aromatic heterocycles. The molecule has 1 amide bonds. The highest BCUT2D eigenvalue weighted by Crippen LogP contribution is 2.25. The number of aromatic nitrogens is 2. The summed E-state index contributed by atoms with van der Waals surface area (Å²) in [6.45, 7) is 0. The highest BCUT2D eigenvalue weighted by Gasteiger charge is 2.23. The Balaban J connectivity index is 1.69. The van der Waals surface area contributed by atoms with Gasteiger partial charge in [-0.05, 0) is 48.5 Å². The Morgan fingerprint density at radius 1 is 0.867 bits per heavy atom. The summed E-state index contributed by atoms with van der Waals surface area (Å²) in [4.78, 5) is 33.4. The number of nitrogens with zero attached hydrogens (tertiary/aromatic N) is 2. The number of anilines is 1. The molecule has 8 heteroatoms. The summed E-state index contributed by atoms with van der Waals surface area (Å²) in [7, 11) is 0. The largest absolute Gasteiger partial charge is 0.319 e. The molecule has 148 valence electrons. The zero-order valence-corrected chi connectivity index (χ0v) is 16.0. The summed E-state index contributed by atoms with van der Waals surface area (Å²) in [5, 5.41) is 2.67. The second-order valence-electron chi connectivity index (χ2n) is 6.34. The average Bonchev–Trinajstić information content (AvgIpc) is 2.75. The van der Waals surface area contributed by atoms with Gasteiger partial charge in [0.1, 0.15) is 5.82 Å². The molecule has 0 saturated carbocycles. The van der Waals surface area contributed by atoms with Crippen molar-refractivity contribution in [2.75, 3.05) is 5.32 Å². The smallest absolute Gasteiger partial charge is 0.255 e. The lowest BCUT2D eigenvalue weighted by atomic mass is 10.0. The maximum Gasteiger partial charge on any atom is 0.255 e. The fraction of sp³-hybridized carbons (Fsp3) is 0. The Morgan fingerprint density at radius 2 is 1.63 bits per heavy atom. The minimum Gasteiger partial charge on any atom is -0.319 e. The third-order valence-electron chi connectivity index (χ3n) is 4.38. The topological polar surface area (TPSA) is 72.0 Å². The van der Waals surface area contributed by atoms with E-state index in [1.807, 2.05) is 0 Å². The van der Waals surface area contributed by atoms with Gasteiger partial charge in [0.25, 0.3) is 5.91 Å². The summed E-state index contributed by atoms with van der Waals surface area (Å²) in [5.74, 6) is -3.74. The highest BCUT2D eigenvalue weighted by atomic mass is 35.5. The van der Waals surface area contributed by atoms with Crippen LogP contribution in [0.2, 0.25) is 5.02 Å². The van der Waals surface area contributed by atoms with Gasteiger partial charge in [0.05, 0.1) is 22.3 Å². The van der Waals surface area contributed by atoms with Crippen molar-refractivity contribution in [3.05, 3.63) is 100 Å². The minimum absolute atomic E-state index is 0.0408. The second-order valence-corrected chi connectivity index (χ2v) is 6.77. The summed E-state index contributed by atoms with van der Waals surface area (Å²) in [5.41, 5.74) is 0.0749. The van der Waals surface area contributed by atoms with Crippen molar-refractivity contribution in [3.8, 4) is 0 Å². The third-order valence-corrected chi connectivity index (χ3v) is 4.62. The number of halogens is 3. The van der Waals surface area contributed by atoms with Crippen molar-refractivity contribution in [1.82, 2.24) is 9.97 Å². The van der Waals surface area contributed by atoms with Crippen LogP contribution in [-0.2, 0) is 0 Å². The Morgan fingerprint density at radius 3 is 2.40 bits per heavy atom. The summed E-state index contributed by atoms with van der Waals surface area (Å²) in [6.07, 6.45) is 2.94. The molecule has 0 radical (unpaired) electrons. The second kappa shape index (κ2) is 7.96. The van der Waals surface area contributed by atoms with Crippen molar-refractivity contribution in [2.45, 2.75) is 0 Å². The summed E-state index contributed by atoms with van der Waals surface area (Å²) < 4.78 is 29.4. The van der Waals surface area contributed by atoms with E-state index in [0.29, 0.717) is 16.1 Å². The molecule has 0 atom stereocenters. The monoisotopic (exact) mass is 423 g/mol. The fourth-order valence-electron chi connectivity index (χ4n) is 2.93. The molecule has 5 nitrogen and oxygen atoms in total. The predicted octanol–water partition coefficient (Wildman–Crippen LogP) is 5.04. The number of fused-ring (bicyclic) bond motifs is 1. The Kier molecular flexibility index (Phi) is 5.20. The standard InChI is InChI=1S/C22H12ClF2N3O2/c23-14-3-1-2-13(10-14)22(30)28-17-7-5-15(24)19(20(17)25)21(29)12-4-6-16-18(11-12)27-9-8-26-16/h1-11H,(H,28,30). The number of carbonyl (C=O) groups is 2. The van der Waals surface area contributed by atoms with Crippen LogP contribution in [0.5, 0.6) is 0 Å². The van der Waals surface area contributed by atoms with Crippen molar-refractivity contribution in [3.63, 3.8) is 0 Å². The number of benzene rings is 3. The van der Waals surface area contributed by atoms with Crippen LogP contribution < -0.4 is 5.32 Å². The lowest BCUT2D eigenvalue weighted by Gasteiger charge is -2.11. The zero-order valence-electron chi connectivity index (χ0n) is 15.2. The van der Waals surface area contributed by atoms with Gasteiger partial charge >= 0.3 is 0 Å². The lowest BCUT2D eigenvalue weighted by Crippen LogP contribution is -2.16. The van der Waals surface area contributed by atoms with Gasteiger partial charge in [0.15, 0.2) is 11.6 Å².